The summed E-state index contributed by atoms with van der Waals surface area (Å²) in [5, 5.41) is 0. The minimum atomic E-state index is 0.124. The Kier molecular flexibility index (Phi) is 8.00. The lowest BCUT2D eigenvalue weighted by molar-refractivity contribution is 1.40. The maximum Gasteiger partial charge on any atom is 0.242 e. The second-order valence-corrected chi connectivity index (χ2v) is 12.3. The van der Waals surface area contributed by atoms with Gasteiger partial charge >= 0.3 is 0 Å². The van der Waals surface area contributed by atoms with E-state index in [0.29, 0.717) is 0 Å². The van der Waals surface area contributed by atoms with Gasteiger partial charge in [-0.25, -0.2) is 0 Å². The highest BCUT2D eigenvalue weighted by Crippen LogP contribution is 2.25. The van der Waals surface area contributed by atoms with Gasteiger partial charge in [-0.2, -0.15) is 0 Å². The van der Waals surface area contributed by atoms with Crippen molar-refractivity contribution in [2.45, 2.75) is 27.7 Å². The van der Waals surface area contributed by atoms with Crippen molar-refractivity contribution in [3.05, 3.63) is 160 Å². The average molecular weight is 605 g/mol. The molecule has 0 unspecified atom stereocenters. The molecule has 0 atom stereocenters. The van der Waals surface area contributed by atoms with Crippen LogP contribution in [0.15, 0.2) is 138 Å². The van der Waals surface area contributed by atoms with Crippen LogP contribution in [0.1, 0.15) is 22.3 Å². The molecule has 0 fully saturated rings. The third kappa shape index (κ3) is 5.65. The van der Waals surface area contributed by atoms with Gasteiger partial charge in [0, 0.05) is 4.47 Å². The van der Waals surface area contributed by atoms with Crippen LogP contribution in [0.5, 0.6) is 0 Å². The van der Waals surface area contributed by atoms with Crippen LogP contribution in [0.4, 0.5) is 0 Å². The maximum absolute atomic E-state index is 3.57. The van der Waals surface area contributed by atoms with Crippen LogP contribution in [0, 0.1) is 27.7 Å². The van der Waals surface area contributed by atoms with E-state index in [1.807, 2.05) is 0 Å². The van der Waals surface area contributed by atoms with E-state index >= 15 is 0 Å². The van der Waals surface area contributed by atoms with Crippen molar-refractivity contribution >= 4 is 39.0 Å². The molecule has 0 aromatic heterocycles. The molecule has 0 heterocycles. The Balaban J connectivity index is 1.51. The van der Waals surface area contributed by atoms with Crippen molar-refractivity contribution in [1.29, 1.82) is 0 Å². The summed E-state index contributed by atoms with van der Waals surface area (Å²) in [7, 11) is 0. The van der Waals surface area contributed by atoms with Gasteiger partial charge in [0.2, 0.25) is 6.71 Å². The predicted molar refractivity (Wildman–Crippen MR) is 187 cm³/mol. The Morgan fingerprint density at radius 2 is 0.714 bits per heavy atom. The highest BCUT2D eigenvalue weighted by molar-refractivity contribution is 9.10. The fourth-order valence-corrected chi connectivity index (χ4v) is 6.71. The largest absolute Gasteiger partial charge is 0.242 e. The van der Waals surface area contributed by atoms with Crippen molar-refractivity contribution < 1.29 is 0 Å². The van der Waals surface area contributed by atoms with E-state index in [4.69, 9.17) is 0 Å². The van der Waals surface area contributed by atoms with Crippen LogP contribution in [0.3, 0.4) is 0 Å². The molecule has 2 heteroatoms. The summed E-state index contributed by atoms with van der Waals surface area (Å²) >= 11 is 3.57. The molecule has 0 aliphatic heterocycles. The van der Waals surface area contributed by atoms with Crippen molar-refractivity contribution in [3.8, 4) is 33.4 Å². The van der Waals surface area contributed by atoms with Gasteiger partial charge in [0.25, 0.3) is 0 Å². The van der Waals surface area contributed by atoms with E-state index in [1.165, 1.54) is 72.0 Å². The molecule has 204 valence electrons. The molecule has 0 aliphatic carbocycles. The van der Waals surface area contributed by atoms with Crippen LogP contribution in [0.2, 0.25) is 0 Å². The lowest BCUT2D eigenvalue weighted by Gasteiger charge is -2.25. The third-order valence-electron chi connectivity index (χ3n) is 8.40. The molecule has 0 saturated heterocycles. The molecular weight excluding hydrogens is 571 g/mol. The standard InChI is InChI=1S/C40H34BBr/c1-27-23-35(31-11-7-5-8-12-31)24-28(2)39(27)41(37-19-15-33(16-20-37)34-17-21-38(42)22-18-34)40-29(3)25-36(26-30(40)4)32-13-9-6-10-14-32/h5-26H,1-4H3. The van der Waals surface area contributed by atoms with Gasteiger partial charge in [0.05, 0.1) is 0 Å². The molecule has 6 rings (SSSR count). The highest BCUT2D eigenvalue weighted by Gasteiger charge is 2.29. The number of hydrogen-bond donors (Lipinski definition) is 0. The van der Waals surface area contributed by atoms with E-state index in [2.05, 4.69) is 177 Å². The first-order valence-corrected chi connectivity index (χ1v) is 15.4. The Morgan fingerprint density at radius 1 is 0.381 bits per heavy atom. The summed E-state index contributed by atoms with van der Waals surface area (Å²) in [6.45, 7) is 9.24. The summed E-state index contributed by atoms with van der Waals surface area (Å²) in [6.07, 6.45) is 0. The lowest BCUT2D eigenvalue weighted by Crippen LogP contribution is -2.55. The molecule has 0 amide bonds. The smallest absolute Gasteiger partial charge is 0.0686 e. The minimum Gasteiger partial charge on any atom is -0.0686 e. The third-order valence-corrected chi connectivity index (χ3v) is 8.93. The maximum atomic E-state index is 3.57. The monoisotopic (exact) mass is 604 g/mol. The quantitative estimate of drug-likeness (QED) is 0.166. The molecule has 0 saturated carbocycles. The van der Waals surface area contributed by atoms with Gasteiger partial charge in [-0.05, 0) is 73.2 Å². The van der Waals surface area contributed by atoms with E-state index < -0.39 is 0 Å². The normalized spacial score (nSPS) is 11.0. The zero-order valence-electron chi connectivity index (χ0n) is 24.7. The second-order valence-electron chi connectivity index (χ2n) is 11.3. The van der Waals surface area contributed by atoms with Crippen molar-refractivity contribution in [3.63, 3.8) is 0 Å². The van der Waals surface area contributed by atoms with Crippen molar-refractivity contribution in [1.82, 2.24) is 0 Å². The summed E-state index contributed by atoms with van der Waals surface area (Å²) in [6, 6.07) is 48.6. The summed E-state index contributed by atoms with van der Waals surface area (Å²) in [5.41, 5.74) is 16.9. The Bertz CT molecular complexity index is 1700. The second kappa shape index (κ2) is 12.0. The molecule has 0 nitrogen and oxygen atoms in total. The van der Waals surface area contributed by atoms with Crippen LogP contribution in [-0.4, -0.2) is 6.71 Å². The molecular formula is C40H34BBr. The van der Waals surface area contributed by atoms with Gasteiger partial charge in [0.15, 0.2) is 0 Å². The zero-order chi connectivity index (χ0) is 29.2. The van der Waals surface area contributed by atoms with Gasteiger partial charge < -0.3 is 0 Å². The van der Waals surface area contributed by atoms with Crippen LogP contribution in [0.25, 0.3) is 33.4 Å². The van der Waals surface area contributed by atoms with E-state index in [0.717, 1.165) is 4.47 Å². The fourth-order valence-electron chi connectivity index (χ4n) is 6.44. The molecule has 6 aromatic rings. The molecule has 0 bridgehead atoms. The number of halogens is 1. The minimum absolute atomic E-state index is 0.124. The first kappa shape index (κ1) is 28.0. The van der Waals surface area contributed by atoms with E-state index in [9.17, 15) is 0 Å². The van der Waals surface area contributed by atoms with Gasteiger partial charge in [-0.3, -0.25) is 0 Å². The van der Waals surface area contributed by atoms with Crippen LogP contribution < -0.4 is 16.4 Å². The van der Waals surface area contributed by atoms with Crippen LogP contribution in [-0.2, 0) is 0 Å². The lowest BCUT2D eigenvalue weighted by atomic mass is 9.34. The van der Waals surface area contributed by atoms with Gasteiger partial charge in [0.1, 0.15) is 0 Å². The fraction of sp³-hybridized carbons (Fsp3) is 0.100. The molecule has 0 spiro atoms. The number of hydrogen-bond acceptors (Lipinski definition) is 0. The molecule has 0 N–H and O–H groups in total. The number of aryl methyl sites for hydroxylation is 4. The first-order chi connectivity index (χ1) is 20.4. The van der Waals surface area contributed by atoms with Crippen molar-refractivity contribution in [2.24, 2.45) is 0 Å². The van der Waals surface area contributed by atoms with Crippen LogP contribution >= 0.6 is 15.9 Å². The van der Waals surface area contributed by atoms with Crippen molar-refractivity contribution in [2.75, 3.05) is 0 Å². The predicted octanol–water partition coefficient (Wildman–Crippen LogP) is 9.20. The zero-order valence-corrected chi connectivity index (χ0v) is 26.2. The van der Waals surface area contributed by atoms with E-state index in [1.54, 1.807) is 0 Å². The van der Waals surface area contributed by atoms with Gasteiger partial charge in [-0.1, -0.05) is 176 Å². The summed E-state index contributed by atoms with van der Waals surface area (Å²) in [5.74, 6) is 0. The first-order valence-electron chi connectivity index (χ1n) is 14.6. The topological polar surface area (TPSA) is 0 Å². The molecule has 42 heavy (non-hydrogen) atoms. The number of benzene rings is 6. The molecule has 0 aliphatic rings. The Hall–Kier alpha value is -4.14. The van der Waals surface area contributed by atoms with E-state index in [-0.39, 0.29) is 6.71 Å². The Labute approximate surface area is 259 Å². The summed E-state index contributed by atoms with van der Waals surface area (Å²) in [4.78, 5) is 0. The number of rotatable bonds is 6. The molecule has 6 aromatic carbocycles. The summed E-state index contributed by atoms with van der Waals surface area (Å²) < 4.78 is 1.10. The molecule has 0 radical (unpaired) electrons. The van der Waals surface area contributed by atoms with Gasteiger partial charge in [-0.15, -0.1) is 0 Å². The highest BCUT2D eigenvalue weighted by atomic mass is 79.9. The average Bonchev–Trinajstić information content (AvgIpc) is 3.01. The Morgan fingerprint density at radius 3 is 1.10 bits per heavy atom. The SMILES string of the molecule is Cc1cc(-c2ccccc2)cc(C)c1B(c1ccc(-c2ccc(Br)cc2)cc1)c1c(C)cc(-c2ccccc2)cc1C.